The number of amides is 1. The van der Waals surface area contributed by atoms with Crippen LogP contribution in [0.3, 0.4) is 0 Å². The first-order chi connectivity index (χ1) is 15.0. The third-order valence-corrected chi connectivity index (χ3v) is 5.28. The van der Waals surface area contributed by atoms with Crippen molar-refractivity contribution >= 4 is 27.1 Å². The smallest absolute Gasteiger partial charge is 0.378 e. The van der Waals surface area contributed by atoms with Crippen molar-refractivity contribution in [2.75, 3.05) is 24.7 Å². The molecule has 15 heteroatoms. The molecular weight excluding hydrogens is 484 g/mol. The number of halogens is 6. The van der Waals surface area contributed by atoms with Gasteiger partial charge in [0.2, 0.25) is 0 Å². The fraction of sp³-hybridized carbons (Fsp3) is 0.278. The Morgan fingerprint density at radius 3 is 1.97 bits per heavy atom. The Kier molecular flexibility index (Phi) is 7.26. The van der Waals surface area contributed by atoms with Crippen LogP contribution in [0.2, 0.25) is 0 Å². The molecule has 180 valence electrons. The predicted octanol–water partition coefficient (Wildman–Crippen LogP) is 3.88. The van der Waals surface area contributed by atoms with Gasteiger partial charge in [-0.15, -0.1) is 0 Å². The number of benzene rings is 2. The fourth-order valence-electron chi connectivity index (χ4n) is 2.60. The van der Waals surface area contributed by atoms with Crippen LogP contribution in [0.4, 0.5) is 37.7 Å². The van der Waals surface area contributed by atoms with E-state index in [9.17, 15) is 49.7 Å². The molecule has 0 atom stereocenters. The number of rotatable bonds is 7. The molecule has 0 aliphatic carbocycles. The Labute approximate surface area is 182 Å². The van der Waals surface area contributed by atoms with Crippen LogP contribution < -0.4 is 10.6 Å². The van der Waals surface area contributed by atoms with Crippen LogP contribution in [0.5, 0.6) is 0 Å². The van der Waals surface area contributed by atoms with E-state index in [0.29, 0.717) is 0 Å². The maximum atomic E-state index is 12.9. The Morgan fingerprint density at radius 1 is 0.970 bits per heavy atom. The van der Waals surface area contributed by atoms with Gasteiger partial charge in [-0.25, -0.2) is 8.42 Å². The van der Waals surface area contributed by atoms with Gasteiger partial charge in [-0.05, 0) is 30.3 Å². The van der Waals surface area contributed by atoms with Gasteiger partial charge in [0, 0.05) is 31.0 Å². The highest BCUT2D eigenvalue weighted by molar-refractivity contribution is 7.90. The van der Waals surface area contributed by atoms with Crippen LogP contribution in [0.25, 0.3) is 0 Å². The van der Waals surface area contributed by atoms with Gasteiger partial charge in [-0.3, -0.25) is 14.9 Å². The molecule has 0 bridgehead atoms. The SMILES string of the molecule is CS(=O)(=O)c1ccc(NCCNC(=O)c2cc(C(F)(F)F)cc(C(F)(F)F)c2)c([N+](=O)[O-])c1. The van der Waals surface area contributed by atoms with Crippen molar-refractivity contribution in [1.29, 1.82) is 0 Å². The summed E-state index contributed by atoms with van der Waals surface area (Å²) in [6.45, 7) is -0.544. The lowest BCUT2D eigenvalue weighted by molar-refractivity contribution is -0.384. The summed E-state index contributed by atoms with van der Waals surface area (Å²) >= 11 is 0. The fourth-order valence-corrected chi connectivity index (χ4v) is 3.24. The van der Waals surface area contributed by atoms with Gasteiger partial charge in [0.15, 0.2) is 9.84 Å². The second-order valence-electron chi connectivity index (χ2n) is 6.69. The van der Waals surface area contributed by atoms with E-state index in [1.54, 1.807) is 0 Å². The molecule has 2 N–H and O–H groups in total. The van der Waals surface area contributed by atoms with E-state index in [1.807, 2.05) is 0 Å². The number of nitro benzene ring substituents is 1. The lowest BCUT2D eigenvalue weighted by atomic mass is 10.0. The zero-order valence-electron chi connectivity index (χ0n) is 16.5. The Bertz CT molecular complexity index is 1150. The predicted molar refractivity (Wildman–Crippen MR) is 103 cm³/mol. The number of sulfone groups is 1. The van der Waals surface area contributed by atoms with Gasteiger partial charge in [-0.1, -0.05) is 0 Å². The molecule has 1 amide bonds. The van der Waals surface area contributed by atoms with E-state index in [4.69, 9.17) is 0 Å². The highest BCUT2D eigenvalue weighted by Crippen LogP contribution is 2.36. The minimum atomic E-state index is -5.12. The highest BCUT2D eigenvalue weighted by atomic mass is 32.2. The molecule has 8 nitrogen and oxygen atoms in total. The summed E-state index contributed by atoms with van der Waals surface area (Å²) in [7, 11) is -3.72. The molecule has 33 heavy (non-hydrogen) atoms. The molecular formula is C18H15F6N3O5S. The second-order valence-corrected chi connectivity index (χ2v) is 8.70. The first-order valence-corrected chi connectivity index (χ1v) is 10.7. The number of nitrogens with zero attached hydrogens (tertiary/aromatic N) is 1. The van der Waals surface area contributed by atoms with E-state index in [2.05, 4.69) is 10.6 Å². The molecule has 0 saturated heterocycles. The number of alkyl halides is 6. The molecule has 2 aromatic rings. The van der Waals surface area contributed by atoms with Crippen molar-refractivity contribution in [3.05, 3.63) is 63.2 Å². The van der Waals surface area contributed by atoms with E-state index >= 15 is 0 Å². The second kappa shape index (κ2) is 9.25. The molecule has 2 rings (SSSR count). The molecule has 0 unspecified atom stereocenters. The number of carbonyl (C=O) groups excluding carboxylic acids is 1. The molecule has 0 heterocycles. The van der Waals surface area contributed by atoms with Crippen LogP contribution in [-0.4, -0.2) is 38.6 Å². The summed E-state index contributed by atoms with van der Waals surface area (Å²) in [6.07, 6.45) is -9.38. The summed E-state index contributed by atoms with van der Waals surface area (Å²) in [6, 6.07) is 3.46. The molecule has 0 radical (unpaired) electrons. The summed E-state index contributed by atoms with van der Waals surface area (Å²) < 4.78 is 100. The Hall–Kier alpha value is -3.36. The number of carbonyl (C=O) groups is 1. The zero-order chi connectivity index (χ0) is 25.2. The van der Waals surface area contributed by atoms with Gasteiger partial charge < -0.3 is 10.6 Å². The van der Waals surface area contributed by atoms with Gasteiger partial charge in [0.25, 0.3) is 11.6 Å². The quantitative estimate of drug-likeness (QED) is 0.258. The van der Waals surface area contributed by atoms with Crippen LogP contribution in [0.15, 0.2) is 41.3 Å². The Balaban J connectivity index is 2.13. The number of anilines is 1. The van der Waals surface area contributed by atoms with E-state index < -0.39 is 55.4 Å². The maximum absolute atomic E-state index is 12.9. The number of hydrogen-bond acceptors (Lipinski definition) is 6. The molecule has 0 saturated carbocycles. The first-order valence-electron chi connectivity index (χ1n) is 8.80. The van der Waals surface area contributed by atoms with Gasteiger partial charge in [-0.2, -0.15) is 26.3 Å². The van der Waals surface area contributed by atoms with Crippen molar-refractivity contribution in [1.82, 2.24) is 5.32 Å². The summed E-state index contributed by atoms with van der Waals surface area (Å²) in [5.74, 6) is -1.23. The van der Waals surface area contributed by atoms with E-state index in [-0.39, 0.29) is 41.9 Å². The van der Waals surface area contributed by atoms with Crippen LogP contribution >= 0.6 is 0 Å². The van der Waals surface area contributed by atoms with Crippen molar-refractivity contribution in [3.8, 4) is 0 Å². The normalized spacial score (nSPS) is 12.3. The van der Waals surface area contributed by atoms with Crippen molar-refractivity contribution in [2.45, 2.75) is 17.2 Å². The average molecular weight is 499 g/mol. The maximum Gasteiger partial charge on any atom is 0.416 e. The van der Waals surface area contributed by atoms with Crippen molar-refractivity contribution in [3.63, 3.8) is 0 Å². The first kappa shape index (κ1) is 25.9. The molecule has 0 aromatic heterocycles. The third kappa shape index (κ3) is 6.81. The molecule has 0 spiro atoms. The van der Waals surface area contributed by atoms with Crippen LogP contribution in [0, 0.1) is 10.1 Å². The van der Waals surface area contributed by atoms with Crippen molar-refractivity contribution < 1.29 is 44.5 Å². The highest BCUT2D eigenvalue weighted by Gasteiger charge is 2.37. The van der Waals surface area contributed by atoms with E-state index in [1.165, 1.54) is 0 Å². The van der Waals surface area contributed by atoms with Gasteiger partial charge >= 0.3 is 12.4 Å². The molecule has 0 aliphatic rings. The number of nitro groups is 1. The van der Waals surface area contributed by atoms with Gasteiger partial charge in [0.05, 0.1) is 20.9 Å². The standard InChI is InChI=1S/C18H15F6N3O5S/c1-33(31,32)13-2-3-14(15(9-13)27(29)30)25-4-5-26-16(28)10-6-11(17(19,20)21)8-12(7-10)18(22,23)24/h2-3,6-9,25H,4-5H2,1H3,(H,26,28). The summed E-state index contributed by atoms with van der Waals surface area (Å²) in [5.41, 5.74) is -4.87. The average Bonchev–Trinajstić information content (AvgIpc) is 2.68. The largest absolute Gasteiger partial charge is 0.416 e. The lowest BCUT2D eigenvalue weighted by Gasteiger charge is -2.14. The van der Waals surface area contributed by atoms with Crippen LogP contribution in [0.1, 0.15) is 21.5 Å². The zero-order valence-corrected chi connectivity index (χ0v) is 17.4. The molecule has 0 aliphatic heterocycles. The Morgan fingerprint density at radius 2 is 1.52 bits per heavy atom. The monoisotopic (exact) mass is 499 g/mol. The minimum absolute atomic E-state index is 0.111. The minimum Gasteiger partial charge on any atom is -0.378 e. The van der Waals surface area contributed by atoms with Crippen molar-refractivity contribution in [2.24, 2.45) is 0 Å². The van der Waals surface area contributed by atoms with Gasteiger partial charge in [0.1, 0.15) is 5.69 Å². The van der Waals surface area contributed by atoms with E-state index in [0.717, 1.165) is 24.5 Å². The topological polar surface area (TPSA) is 118 Å². The summed E-state index contributed by atoms with van der Waals surface area (Å²) in [4.78, 5) is 22.1. The lowest BCUT2D eigenvalue weighted by Crippen LogP contribution is -2.29. The number of nitrogens with one attached hydrogen (secondary N) is 2. The molecule has 2 aromatic carbocycles. The third-order valence-electron chi connectivity index (χ3n) is 4.17. The molecule has 0 fully saturated rings. The van der Waals surface area contributed by atoms with Crippen LogP contribution in [-0.2, 0) is 22.2 Å². The number of hydrogen-bond donors (Lipinski definition) is 2. The summed E-state index contributed by atoms with van der Waals surface area (Å²) in [5, 5.41) is 15.8.